The van der Waals surface area contributed by atoms with Crippen molar-refractivity contribution in [2.75, 3.05) is 20.1 Å². The van der Waals surface area contributed by atoms with Crippen LogP contribution in [0.2, 0.25) is 0 Å². The van der Waals surface area contributed by atoms with Crippen LogP contribution in [0.15, 0.2) is 24.4 Å². The van der Waals surface area contributed by atoms with E-state index in [9.17, 15) is 4.79 Å². The number of aromatic nitrogens is 1. The number of amides is 1. The average Bonchev–Trinajstić information content (AvgIpc) is 2.48. The monoisotopic (exact) mass is 261 g/mol. The number of carbonyl (C=O) groups excluding carboxylic acids is 1. The molecule has 19 heavy (non-hydrogen) atoms. The van der Waals surface area contributed by atoms with Gasteiger partial charge in [0.2, 0.25) is 5.91 Å². The third-order valence-electron chi connectivity index (χ3n) is 4.16. The first-order valence-electron chi connectivity index (χ1n) is 7.04. The van der Waals surface area contributed by atoms with Gasteiger partial charge < -0.3 is 10.2 Å². The Labute approximate surface area is 115 Å². The standard InChI is InChI=1S/C15H23N3O/c1-3-15(7-10-16-11-8-15)14(19)18(2)12-13-6-4-5-9-17-13/h4-6,9,16H,3,7-8,10-12H2,1-2H3. The van der Waals surface area contributed by atoms with Crippen molar-refractivity contribution in [3.63, 3.8) is 0 Å². The number of piperidine rings is 1. The molecule has 1 fully saturated rings. The predicted molar refractivity (Wildman–Crippen MR) is 75.5 cm³/mol. The Kier molecular flexibility index (Phi) is 4.53. The third kappa shape index (κ3) is 3.13. The van der Waals surface area contributed by atoms with Crippen LogP contribution >= 0.6 is 0 Å². The summed E-state index contributed by atoms with van der Waals surface area (Å²) in [6, 6.07) is 5.82. The molecule has 1 aliphatic rings. The number of carbonyl (C=O) groups is 1. The van der Waals surface area contributed by atoms with Crippen molar-refractivity contribution in [1.82, 2.24) is 15.2 Å². The van der Waals surface area contributed by atoms with Crippen molar-refractivity contribution < 1.29 is 4.79 Å². The molecule has 1 saturated heterocycles. The normalized spacial score (nSPS) is 18.0. The highest BCUT2D eigenvalue weighted by Crippen LogP contribution is 2.34. The maximum Gasteiger partial charge on any atom is 0.228 e. The van der Waals surface area contributed by atoms with Crippen molar-refractivity contribution in [3.05, 3.63) is 30.1 Å². The number of hydrogen-bond donors (Lipinski definition) is 1. The molecule has 0 bridgehead atoms. The first-order valence-corrected chi connectivity index (χ1v) is 7.04. The van der Waals surface area contributed by atoms with Gasteiger partial charge in [-0.25, -0.2) is 0 Å². The van der Waals surface area contributed by atoms with Crippen molar-refractivity contribution in [3.8, 4) is 0 Å². The topological polar surface area (TPSA) is 45.2 Å². The molecule has 104 valence electrons. The van der Waals surface area contributed by atoms with Crippen molar-refractivity contribution in [2.45, 2.75) is 32.7 Å². The summed E-state index contributed by atoms with van der Waals surface area (Å²) in [5.41, 5.74) is 0.771. The summed E-state index contributed by atoms with van der Waals surface area (Å²) in [7, 11) is 1.89. The molecule has 0 unspecified atom stereocenters. The number of rotatable bonds is 4. The number of nitrogens with one attached hydrogen (secondary N) is 1. The summed E-state index contributed by atoms with van der Waals surface area (Å²) in [4.78, 5) is 18.8. The highest BCUT2D eigenvalue weighted by Gasteiger charge is 2.39. The summed E-state index contributed by atoms with van der Waals surface area (Å²) in [6.07, 6.45) is 4.57. The van der Waals surface area contributed by atoms with Crippen LogP contribution < -0.4 is 5.32 Å². The second-order valence-electron chi connectivity index (χ2n) is 5.37. The van der Waals surface area contributed by atoms with Crippen LogP contribution in [-0.2, 0) is 11.3 Å². The van der Waals surface area contributed by atoms with E-state index in [-0.39, 0.29) is 11.3 Å². The smallest absolute Gasteiger partial charge is 0.228 e. The third-order valence-corrected chi connectivity index (χ3v) is 4.16. The lowest BCUT2D eigenvalue weighted by Crippen LogP contribution is -2.47. The molecule has 1 aromatic rings. The molecule has 1 amide bonds. The molecule has 0 radical (unpaired) electrons. The summed E-state index contributed by atoms with van der Waals surface area (Å²) in [5, 5.41) is 3.33. The lowest BCUT2D eigenvalue weighted by molar-refractivity contribution is -0.143. The van der Waals surface area contributed by atoms with Crippen LogP contribution in [0.25, 0.3) is 0 Å². The van der Waals surface area contributed by atoms with Crippen LogP contribution in [0.5, 0.6) is 0 Å². The Morgan fingerprint density at radius 3 is 2.74 bits per heavy atom. The first-order chi connectivity index (χ1) is 9.18. The van der Waals surface area contributed by atoms with Gasteiger partial charge in [0, 0.05) is 13.2 Å². The van der Waals surface area contributed by atoms with E-state index >= 15 is 0 Å². The molecule has 1 aliphatic heterocycles. The molecular weight excluding hydrogens is 238 g/mol. The van der Waals surface area contributed by atoms with Gasteiger partial charge in [0.15, 0.2) is 0 Å². The minimum atomic E-state index is -0.172. The quantitative estimate of drug-likeness (QED) is 0.899. The molecule has 4 heteroatoms. The molecule has 0 aliphatic carbocycles. The van der Waals surface area contributed by atoms with Gasteiger partial charge in [0.1, 0.15) is 0 Å². The SMILES string of the molecule is CCC1(C(=O)N(C)Cc2ccccn2)CCNCC1. The fraction of sp³-hybridized carbons (Fsp3) is 0.600. The summed E-state index contributed by atoms with van der Waals surface area (Å²) >= 11 is 0. The van der Waals surface area contributed by atoms with E-state index in [1.165, 1.54) is 0 Å². The fourth-order valence-electron chi connectivity index (χ4n) is 2.84. The lowest BCUT2D eigenvalue weighted by Gasteiger charge is -2.38. The van der Waals surface area contributed by atoms with Gasteiger partial charge in [-0.15, -0.1) is 0 Å². The van der Waals surface area contributed by atoms with Crippen LogP contribution in [0.3, 0.4) is 0 Å². The maximum absolute atomic E-state index is 12.7. The summed E-state index contributed by atoms with van der Waals surface area (Å²) < 4.78 is 0. The van der Waals surface area contributed by atoms with Crippen LogP contribution in [0.4, 0.5) is 0 Å². The second kappa shape index (κ2) is 6.15. The van der Waals surface area contributed by atoms with E-state index < -0.39 is 0 Å². The number of hydrogen-bond acceptors (Lipinski definition) is 3. The Hall–Kier alpha value is -1.42. The van der Waals surface area contributed by atoms with Crippen LogP contribution in [0, 0.1) is 5.41 Å². The highest BCUT2D eigenvalue weighted by atomic mass is 16.2. The Balaban J connectivity index is 2.05. The molecule has 0 atom stereocenters. The predicted octanol–water partition coefficient (Wildman–Crippen LogP) is 1.82. The molecule has 1 aromatic heterocycles. The van der Waals surface area contributed by atoms with E-state index in [0.717, 1.165) is 38.0 Å². The van der Waals surface area contributed by atoms with Crippen molar-refractivity contribution >= 4 is 5.91 Å². The Bertz CT molecular complexity index is 413. The van der Waals surface area contributed by atoms with E-state index in [1.807, 2.05) is 30.1 Å². The number of pyridine rings is 1. The highest BCUT2D eigenvalue weighted by molar-refractivity contribution is 5.82. The molecule has 1 N–H and O–H groups in total. The fourth-order valence-corrected chi connectivity index (χ4v) is 2.84. The maximum atomic E-state index is 12.7. The summed E-state index contributed by atoms with van der Waals surface area (Å²) in [5.74, 6) is 0.266. The van der Waals surface area contributed by atoms with Gasteiger partial charge in [-0.3, -0.25) is 9.78 Å². The Morgan fingerprint density at radius 1 is 1.42 bits per heavy atom. The zero-order chi connectivity index (χ0) is 13.7. The zero-order valence-electron chi connectivity index (χ0n) is 11.9. The number of nitrogens with zero attached hydrogens (tertiary/aromatic N) is 2. The minimum absolute atomic E-state index is 0.172. The molecule has 0 saturated carbocycles. The minimum Gasteiger partial charge on any atom is -0.339 e. The second-order valence-corrected chi connectivity index (χ2v) is 5.37. The molecular formula is C15H23N3O. The molecule has 2 rings (SSSR count). The van der Waals surface area contributed by atoms with Crippen molar-refractivity contribution in [2.24, 2.45) is 5.41 Å². The van der Waals surface area contributed by atoms with Gasteiger partial charge in [0.05, 0.1) is 17.7 Å². The molecule has 0 spiro atoms. The van der Waals surface area contributed by atoms with E-state index in [2.05, 4.69) is 17.2 Å². The Morgan fingerprint density at radius 2 is 2.16 bits per heavy atom. The van der Waals surface area contributed by atoms with Crippen molar-refractivity contribution in [1.29, 1.82) is 0 Å². The van der Waals surface area contributed by atoms with Gasteiger partial charge >= 0.3 is 0 Å². The first kappa shape index (κ1) is 14.0. The zero-order valence-corrected chi connectivity index (χ0v) is 11.9. The largest absolute Gasteiger partial charge is 0.339 e. The molecule has 2 heterocycles. The van der Waals surface area contributed by atoms with Gasteiger partial charge in [0.25, 0.3) is 0 Å². The average molecular weight is 261 g/mol. The lowest BCUT2D eigenvalue weighted by atomic mass is 9.75. The molecule has 0 aromatic carbocycles. The van der Waals surface area contributed by atoms with E-state index in [4.69, 9.17) is 0 Å². The summed E-state index contributed by atoms with van der Waals surface area (Å²) in [6.45, 7) is 4.60. The molecule has 4 nitrogen and oxygen atoms in total. The van der Waals surface area contributed by atoms with E-state index in [1.54, 1.807) is 6.20 Å². The van der Waals surface area contributed by atoms with Gasteiger partial charge in [-0.1, -0.05) is 13.0 Å². The van der Waals surface area contributed by atoms with Crippen LogP contribution in [-0.4, -0.2) is 35.9 Å². The van der Waals surface area contributed by atoms with Gasteiger partial charge in [-0.2, -0.15) is 0 Å². The van der Waals surface area contributed by atoms with E-state index in [0.29, 0.717) is 6.54 Å². The van der Waals surface area contributed by atoms with Crippen LogP contribution in [0.1, 0.15) is 31.9 Å². The van der Waals surface area contributed by atoms with Gasteiger partial charge in [-0.05, 0) is 44.5 Å².